The third-order valence-electron chi connectivity index (χ3n) is 4.45. The molecular weight excluding hydrogens is 360 g/mol. The number of benzene rings is 2. The second kappa shape index (κ2) is 7.36. The number of aromatic nitrogens is 2. The molecule has 6 nitrogen and oxygen atoms in total. The van der Waals surface area contributed by atoms with E-state index in [1.807, 2.05) is 56.1 Å². The van der Waals surface area contributed by atoms with Gasteiger partial charge in [-0.2, -0.15) is 4.98 Å². The van der Waals surface area contributed by atoms with Crippen molar-refractivity contribution in [2.45, 2.75) is 30.2 Å². The molecule has 0 aliphatic carbocycles. The summed E-state index contributed by atoms with van der Waals surface area (Å²) in [6.45, 7) is 4.39. The Morgan fingerprint density at radius 3 is 2.37 bits per heavy atom. The van der Waals surface area contributed by atoms with E-state index in [9.17, 15) is 8.42 Å². The molecule has 7 heteroatoms. The highest BCUT2D eigenvalue weighted by Crippen LogP contribution is 2.27. The van der Waals surface area contributed by atoms with Gasteiger partial charge in [0.25, 0.3) is 0 Å². The topological polar surface area (TPSA) is 89.2 Å². The largest absolute Gasteiger partial charge is 0.382 e. The summed E-state index contributed by atoms with van der Waals surface area (Å²) >= 11 is 0. The molecule has 1 heterocycles. The van der Waals surface area contributed by atoms with Gasteiger partial charge in [-0.05, 0) is 42.7 Å². The van der Waals surface area contributed by atoms with Crippen LogP contribution in [0.3, 0.4) is 0 Å². The van der Waals surface area contributed by atoms with Gasteiger partial charge in [0.05, 0.1) is 11.1 Å². The predicted octanol–water partition coefficient (Wildman–Crippen LogP) is 3.14. The monoisotopic (exact) mass is 382 g/mol. The summed E-state index contributed by atoms with van der Waals surface area (Å²) in [6, 6.07) is 14.9. The molecule has 1 aromatic heterocycles. The van der Waals surface area contributed by atoms with E-state index in [1.54, 1.807) is 18.2 Å². The van der Waals surface area contributed by atoms with Gasteiger partial charge in [-0.3, -0.25) is 0 Å². The summed E-state index contributed by atoms with van der Waals surface area (Å²) in [4.78, 5) is 10.4. The average molecular weight is 382 g/mol. The fourth-order valence-electron chi connectivity index (χ4n) is 2.70. The van der Waals surface area contributed by atoms with Crippen molar-refractivity contribution in [1.29, 1.82) is 0 Å². The number of hydrogen-bond acceptors (Lipinski definition) is 6. The number of aryl methyl sites for hydroxylation is 2. The lowest BCUT2D eigenvalue weighted by molar-refractivity contribution is 0.595. The van der Waals surface area contributed by atoms with E-state index < -0.39 is 9.84 Å². The lowest BCUT2D eigenvalue weighted by Gasteiger charge is -2.18. The zero-order valence-corrected chi connectivity index (χ0v) is 16.4. The van der Waals surface area contributed by atoms with Crippen LogP contribution in [0.4, 0.5) is 11.8 Å². The summed E-state index contributed by atoms with van der Waals surface area (Å²) in [5, 5.41) is 0. The number of anilines is 2. The number of nitrogens with two attached hydrogens (primary N) is 1. The molecule has 27 heavy (non-hydrogen) atoms. The molecule has 0 atom stereocenters. The fraction of sp³-hybridized carbons (Fsp3) is 0.200. The molecule has 0 saturated heterocycles. The number of nitrogen functional groups attached to an aromatic ring is 1. The van der Waals surface area contributed by atoms with Crippen LogP contribution in [0.2, 0.25) is 0 Å². The molecule has 0 radical (unpaired) electrons. The van der Waals surface area contributed by atoms with Crippen molar-refractivity contribution >= 4 is 21.6 Å². The number of rotatable bonds is 5. The van der Waals surface area contributed by atoms with Gasteiger partial charge in [0.2, 0.25) is 15.8 Å². The molecule has 0 fully saturated rings. The number of nitrogens with zero attached hydrogens (tertiary/aromatic N) is 3. The van der Waals surface area contributed by atoms with Crippen molar-refractivity contribution in [1.82, 2.24) is 9.97 Å². The highest BCUT2D eigenvalue weighted by molar-refractivity contribution is 7.91. The summed E-state index contributed by atoms with van der Waals surface area (Å²) in [5.74, 6) is 0.313. The van der Waals surface area contributed by atoms with Gasteiger partial charge in [0.15, 0.2) is 0 Å². The summed E-state index contributed by atoms with van der Waals surface area (Å²) in [6.07, 6.45) is 1.28. The van der Waals surface area contributed by atoms with E-state index in [1.165, 1.54) is 6.20 Å². The van der Waals surface area contributed by atoms with E-state index in [0.717, 1.165) is 16.7 Å². The zero-order chi connectivity index (χ0) is 19.6. The Hall–Kier alpha value is -2.93. The van der Waals surface area contributed by atoms with Gasteiger partial charge in [-0.1, -0.05) is 36.4 Å². The van der Waals surface area contributed by atoms with Crippen molar-refractivity contribution in [3.8, 4) is 0 Å². The van der Waals surface area contributed by atoms with Crippen LogP contribution < -0.4 is 10.6 Å². The summed E-state index contributed by atoms with van der Waals surface area (Å²) in [7, 11) is -1.95. The molecule has 0 saturated carbocycles. The van der Waals surface area contributed by atoms with E-state index >= 15 is 0 Å². The minimum absolute atomic E-state index is 0.0573. The Morgan fingerprint density at radius 2 is 1.74 bits per heavy atom. The molecule has 0 aliphatic rings. The Bertz CT molecular complexity index is 1070. The number of sulfone groups is 1. The SMILES string of the molecule is Cc1ccc(S(=O)(=O)c2cnc(N(C)Cc3ccccc3)nc2N)cc1C. The summed E-state index contributed by atoms with van der Waals surface area (Å²) in [5.41, 5.74) is 9.00. The quantitative estimate of drug-likeness (QED) is 0.729. The van der Waals surface area contributed by atoms with Crippen molar-refractivity contribution in [3.63, 3.8) is 0 Å². The first kappa shape index (κ1) is 18.8. The maximum atomic E-state index is 12.9. The second-order valence-corrected chi connectivity index (χ2v) is 8.43. The minimum Gasteiger partial charge on any atom is -0.382 e. The Labute approximate surface area is 159 Å². The highest BCUT2D eigenvalue weighted by Gasteiger charge is 2.23. The molecule has 0 spiro atoms. The Kier molecular flexibility index (Phi) is 5.14. The van der Waals surface area contributed by atoms with Gasteiger partial charge in [0, 0.05) is 13.6 Å². The van der Waals surface area contributed by atoms with Gasteiger partial charge in [-0.25, -0.2) is 13.4 Å². The van der Waals surface area contributed by atoms with E-state index in [-0.39, 0.29) is 15.6 Å². The van der Waals surface area contributed by atoms with Crippen LogP contribution in [0.15, 0.2) is 64.5 Å². The molecule has 0 unspecified atom stereocenters. The van der Waals surface area contributed by atoms with Crippen LogP contribution >= 0.6 is 0 Å². The standard InChI is InChI=1S/C20H22N4O2S/c1-14-9-10-17(11-15(14)2)27(25,26)18-12-22-20(23-19(18)21)24(3)13-16-7-5-4-6-8-16/h4-12H,13H2,1-3H3,(H2,21,22,23). The first-order chi connectivity index (χ1) is 12.8. The van der Waals surface area contributed by atoms with Crippen LogP contribution in [0.1, 0.15) is 16.7 Å². The molecule has 0 amide bonds. The number of hydrogen-bond donors (Lipinski definition) is 1. The Morgan fingerprint density at radius 1 is 1.04 bits per heavy atom. The molecule has 2 N–H and O–H groups in total. The Balaban J connectivity index is 1.91. The van der Waals surface area contributed by atoms with Gasteiger partial charge in [0.1, 0.15) is 10.7 Å². The molecule has 2 aromatic carbocycles. The average Bonchev–Trinajstić information content (AvgIpc) is 2.64. The predicted molar refractivity (Wildman–Crippen MR) is 106 cm³/mol. The van der Waals surface area contributed by atoms with Gasteiger partial charge >= 0.3 is 0 Å². The van der Waals surface area contributed by atoms with Crippen molar-refractivity contribution < 1.29 is 8.42 Å². The van der Waals surface area contributed by atoms with Crippen molar-refractivity contribution in [2.24, 2.45) is 0 Å². The van der Waals surface area contributed by atoms with Crippen molar-refractivity contribution in [2.75, 3.05) is 17.7 Å². The second-order valence-electron chi connectivity index (χ2n) is 6.51. The van der Waals surface area contributed by atoms with Crippen LogP contribution in [0, 0.1) is 13.8 Å². The zero-order valence-electron chi connectivity index (χ0n) is 15.5. The van der Waals surface area contributed by atoms with Crippen LogP contribution in [0.5, 0.6) is 0 Å². The summed E-state index contributed by atoms with van der Waals surface area (Å²) < 4.78 is 25.8. The maximum absolute atomic E-state index is 12.9. The molecule has 0 bridgehead atoms. The van der Waals surface area contributed by atoms with Crippen LogP contribution in [0.25, 0.3) is 0 Å². The maximum Gasteiger partial charge on any atom is 0.227 e. The molecule has 140 valence electrons. The van der Waals surface area contributed by atoms with Crippen LogP contribution in [-0.2, 0) is 16.4 Å². The molecule has 3 rings (SSSR count). The fourth-order valence-corrected chi connectivity index (χ4v) is 4.05. The van der Waals surface area contributed by atoms with Gasteiger partial charge < -0.3 is 10.6 Å². The molecule has 0 aliphatic heterocycles. The first-order valence-corrected chi connectivity index (χ1v) is 9.97. The molecular formula is C20H22N4O2S. The lowest BCUT2D eigenvalue weighted by Crippen LogP contribution is -2.20. The first-order valence-electron chi connectivity index (χ1n) is 8.49. The van der Waals surface area contributed by atoms with E-state index in [4.69, 9.17) is 5.73 Å². The third-order valence-corrected chi connectivity index (χ3v) is 6.22. The van der Waals surface area contributed by atoms with Crippen molar-refractivity contribution in [3.05, 3.63) is 71.4 Å². The lowest BCUT2D eigenvalue weighted by atomic mass is 10.1. The van der Waals surface area contributed by atoms with Crippen LogP contribution in [-0.4, -0.2) is 25.4 Å². The smallest absolute Gasteiger partial charge is 0.227 e. The molecule has 3 aromatic rings. The highest BCUT2D eigenvalue weighted by atomic mass is 32.2. The normalized spacial score (nSPS) is 11.4. The third kappa shape index (κ3) is 3.93. The minimum atomic E-state index is -3.78. The van der Waals surface area contributed by atoms with E-state index in [2.05, 4.69) is 9.97 Å². The van der Waals surface area contributed by atoms with Gasteiger partial charge in [-0.15, -0.1) is 0 Å². The van der Waals surface area contributed by atoms with E-state index in [0.29, 0.717) is 12.5 Å².